The van der Waals surface area contributed by atoms with Gasteiger partial charge in [0.15, 0.2) is 0 Å². The molecule has 1 aliphatic rings. The SMILES string of the molecule is CC(C)(C)OC(=O)N1CC[C@H](N)[C@@H]1c1cccc(Br)c1. The van der Waals surface area contributed by atoms with Crippen molar-refractivity contribution in [3.05, 3.63) is 34.3 Å². The lowest BCUT2D eigenvalue weighted by Gasteiger charge is -2.30. The molecule has 110 valence electrons. The maximum absolute atomic E-state index is 12.3. The fourth-order valence-electron chi connectivity index (χ4n) is 2.46. The third-order valence-electron chi connectivity index (χ3n) is 3.26. The first-order valence-electron chi connectivity index (χ1n) is 6.78. The molecule has 20 heavy (non-hydrogen) atoms. The van der Waals surface area contributed by atoms with Crippen LogP contribution < -0.4 is 5.73 Å². The molecular formula is C15H21BrN2O2. The number of nitrogens with zero attached hydrogens (tertiary/aromatic N) is 1. The van der Waals surface area contributed by atoms with E-state index in [0.29, 0.717) is 6.54 Å². The first-order valence-corrected chi connectivity index (χ1v) is 7.58. The lowest BCUT2D eigenvalue weighted by molar-refractivity contribution is 0.0218. The Hall–Kier alpha value is -1.07. The largest absolute Gasteiger partial charge is 0.444 e. The number of hydrogen-bond donors (Lipinski definition) is 1. The molecule has 0 unspecified atom stereocenters. The van der Waals surface area contributed by atoms with Crippen molar-refractivity contribution in [2.24, 2.45) is 5.73 Å². The maximum atomic E-state index is 12.3. The molecule has 1 saturated heterocycles. The molecule has 0 aliphatic carbocycles. The smallest absolute Gasteiger partial charge is 0.410 e. The van der Waals surface area contributed by atoms with Gasteiger partial charge in [0.25, 0.3) is 0 Å². The lowest BCUT2D eigenvalue weighted by atomic mass is 10.0. The van der Waals surface area contributed by atoms with Gasteiger partial charge in [0.2, 0.25) is 0 Å². The van der Waals surface area contributed by atoms with Gasteiger partial charge >= 0.3 is 6.09 Å². The molecule has 0 radical (unpaired) electrons. The molecule has 0 spiro atoms. The monoisotopic (exact) mass is 340 g/mol. The molecule has 4 nitrogen and oxygen atoms in total. The summed E-state index contributed by atoms with van der Waals surface area (Å²) in [6.45, 7) is 6.24. The van der Waals surface area contributed by atoms with Gasteiger partial charge < -0.3 is 10.5 Å². The van der Waals surface area contributed by atoms with Crippen LogP contribution >= 0.6 is 15.9 Å². The zero-order chi connectivity index (χ0) is 14.9. The number of carbonyl (C=O) groups is 1. The first-order chi connectivity index (χ1) is 9.28. The van der Waals surface area contributed by atoms with E-state index in [-0.39, 0.29) is 18.2 Å². The number of amides is 1. The average molecular weight is 341 g/mol. The summed E-state index contributed by atoms with van der Waals surface area (Å²) in [6, 6.07) is 7.74. The highest BCUT2D eigenvalue weighted by Crippen LogP contribution is 2.33. The zero-order valence-electron chi connectivity index (χ0n) is 12.1. The van der Waals surface area contributed by atoms with Crippen LogP contribution in [0.25, 0.3) is 0 Å². The number of ether oxygens (including phenoxy) is 1. The highest BCUT2D eigenvalue weighted by Gasteiger charge is 2.38. The maximum Gasteiger partial charge on any atom is 0.410 e. The van der Waals surface area contributed by atoms with Gasteiger partial charge in [0.05, 0.1) is 6.04 Å². The predicted molar refractivity (Wildman–Crippen MR) is 82.4 cm³/mol. The van der Waals surface area contributed by atoms with Crippen molar-refractivity contribution in [2.75, 3.05) is 6.54 Å². The number of likely N-dealkylation sites (tertiary alicyclic amines) is 1. The number of carbonyl (C=O) groups excluding carboxylic acids is 1. The number of hydrogen-bond acceptors (Lipinski definition) is 3. The van der Waals surface area contributed by atoms with Crippen LogP contribution in [0.3, 0.4) is 0 Å². The molecule has 1 fully saturated rings. The van der Waals surface area contributed by atoms with Crippen molar-refractivity contribution in [1.29, 1.82) is 0 Å². The van der Waals surface area contributed by atoms with Crippen LogP contribution in [0.15, 0.2) is 28.7 Å². The van der Waals surface area contributed by atoms with Gasteiger partial charge in [-0.25, -0.2) is 4.79 Å². The second-order valence-corrected chi connectivity index (χ2v) is 7.04. The summed E-state index contributed by atoms with van der Waals surface area (Å²) in [7, 11) is 0. The highest BCUT2D eigenvalue weighted by atomic mass is 79.9. The van der Waals surface area contributed by atoms with Gasteiger partial charge in [-0.05, 0) is 44.9 Å². The molecule has 1 aromatic carbocycles. The Bertz CT molecular complexity index is 499. The van der Waals surface area contributed by atoms with E-state index in [1.54, 1.807) is 4.90 Å². The van der Waals surface area contributed by atoms with Gasteiger partial charge in [-0.15, -0.1) is 0 Å². The van der Waals surface area contributed by atoms with Crippen molar-refractivity contribution in [1.82, 2.24) is 4.90 Å². The number of benzene rings is 1. The molecule has 1 amide bonds. The van der Waals surface area contributed by atoms with Gasteiger partial charge in [0, 0.05) is 17.1 Å². The van der Waals surface area contributed by atoms with Crippen LogP contribution in [-0.4, -0.2) is 29.2 Å². The average Bonchev–Trinajstić information content (AvgIpc) is 2.69. The molecule has 1 heterocycles. The molecule has 1 aliphatic heterocycles. The van der Waals surface area contributed by atoms with Crippen molar-refractivity contribution in [2.45, 2.75) is 44.9 Å². The second-order valence-electron chi connectivity index (χ2n) is 6.13. The fourth-order valence-corrected chi connectivity index (χ4v) is 2.88. The van der Waals surface area contributed by atoms with Crippen LogP contribution in [0.5, 0.6) is 0 Å². The fraction of sp³-hybridized carbons (Fsp3) is 0.533. The summed E-state index contributed by atoms with van der Waals surface area (Å²) in [4.78, 5) is 14.0. The van der Waals surface area contributed by atoms with Gasteiger partial charge in [-0.2, -0.15) is 0 Å². The van der Waals surface area contributed by atoms with E-state index in [1.165, 1.54) is 0 Å². The third-order valence-corrected chi connectivity index (χ3v) is 3.76. The van der Waals surface area contributed by atoms with Gasteiger partial charge in [-0.3, -0.25) is 4.90 Å². The minimum Gasteiger partial charge on any atom is -0.444 e. The van der Waals surface area contributed by atoms with E-state index < -0.39 is 5.60 Å². The third kappa shape index (κ3) is 3.52. The summed E-state index contributed by atoms with van der Waals surface area (Å²) in [5.74, 6) is 0. The summed E-state index contributed by atoms with van der Waals surface area (Å²) >= 11 is 3.46. The number of rotatable bonds is 1. The Morgan fingerprint density at radius 3 is 2.75 bits per heavy atom. The van der Waals surface area contributed by atoms with Crippen molar-refractivity contribution in [3.63, 3.8) is 0 Å². The molecule has 0 bridgehead atoms. The standard InChI is InChI=1S/C15H21BrN2O2/c1-15(2,3)20-14(19)18-8-7-12(17)13(18)10-5-4-6-11(16)9-10/h4-6,9,12-13H,7-8,17H2,1-3H3/t12-,13-/m0/s1. The normalized spacial score (nSPS) is 22.9. The van der Waals surface area contributed by atoms with Crippen LogP contribution in [-0.2, 0) is 4.74 Å². The van der Waals surface area contributed by atoms with E-state index >= 15 is 0 Å². The molecule has 0 aromatic heterocycles. The molecule has 2 atom stereocenters. The van der Waals surface area contributed by atoms with Crippen LogP contribution in [0.4, 0.5) is 4.79 Å². The Morgan fingerprint density at radius 1 is 1.45 bits per heavy atom. The predicted octanol–water partition coefficient (Wildman–Crippen LogP) is 3.46. The van der Waals surface area contributed by atoms with Crippen molar-refractivity contribution < 1.29 is 9.53 Å². The molecule has 2 rings (SSSR count). The molecule has 1 aromatic rings. The second kappa shape index (κ2) is 5.74. The summed E-state index contributed by atoms with van der Waals surface area (Å²) < 4.78 is 6.46. The summed E-state index contributed by atoms with van der Waals surface area (Å²) in [5, 5.41) is 0. The molecular weight excluding hydrogens is 320 g/mol. The van der Waals surface area contributed by atoms with Gasteiger partial charge in [-0.1, -0.05) is 28.1 Å². The minimum absolute atomic E-state index is 0.0585. The molecule has 5 heteroatoms. The Labute approximate surface area is 128 Å². The first kappa shape index (κ1) is 15.3. The van der Waals surface area contributed by atoms with Crippen LogP contribution in [0.1, 0.15) is 38.8 Å². The Morgan fingerprint density at radius 2 is 2.15 bits per heavy atom. The number of halogens is 1. The topological polar surface area (TPSA) is 55.6 Å². The summed E-state index contributed by atoms with van der Waals surface area (Å²) in [6.07, 6.45) is 0.492. The summed E-state index contributed by atoms with van der Waals surface area (Å²) in [5.41, 5.74) is 6.73. The van der Waals surface area contributed by atoms with Crippen molar-refractivity contribution >= 4 is 22.0 Å². The molecule has 0 saturated carbocycles. The van der Waals surface area contributed by atoms with E-state index in [4.69, 9.17) is 10.5 Å². The zero-order valence-corrected chi connectivity index (χ0v) is 13.7. The Kier molecular flexibility index (Phi) is 4.39. The lowest BCUT2D eigenvalue weighted by Crippen LogP contribution is -2.39. The van der Waals surface area contributed by atoms with Gasteiger partial charge in [0.1, 0.15) is 5.60 Å². The van der Waals surface area contributed by atoms with E-state index in [9.17, 15) is 4.79 Å². The quantitative estimate of drug-likeness (QED) is 0.851. The van der Waals surface area contributed by atoms with E-state index in [2.05, 4.69) is 15.9 Å². The number of nitrogens with two attached hydrogens (primary N) is 1. The highest BCUT2D eigenvalue weighted by molar-refractivity contribution is 9.10. The van der Waals surface area contributed by atoms with E-state index in [1.807, 2.05) is 45.0 Å². The minimum atomic E-state index is -0.494. The van der Waals surface area contributed by atoms with Crippen LogP contribution in [0, 0.1) is 0 Å². The van der Waals surface area contributed by atoms with Crippen LogP contribution in [0.2, 0.25) is 0 Å². The van der Waals surface area contributed by atoms with Crippen molar-refractivity contribution in [3.8, 4) is 0 Å². The Balaban J connectivity index is 2.23. The van der Waals surface area contributed by atoms with E-state index in [0.717, 1.165) is 16.5 Å². The molecule has 2 N–H and O–H groups in total.